The van der Waals surface area contributed by atoms with Gasteiger partial charge in [-0.25, -0.2) is 4.68 Å². The molecule has 6 heteroatoms. The van der Waals surface area contributed by atoms with Gasteiger partial charge in [0, 0.05) is 22.3 Å². The number of hydrogen-bond acceptors (Lipinski definition) is 1. The summed E-state index contributed by atoms with van der Waals surface area (Å²) in [6.07, 6.45) is -3.21. The lowest BCUT2D eigenvalue weighted by Gasteiger charge is -2.07. The predicted molar refractivity (Wildman–Crippen MR) is 79.0 cm³/mol. The molecule has 0 spiro atoms. The SMILES string of the molecule is FC(F)(F)c1nn(-c2ccccc2)cc1-c1ccccc1Cl. The van der Waals surface area contributed by atoms with E-state index in [4.69, 9.17) is 11.6 Å². The Morgan fingerprint density at radius 2 is 1.50 bits per heavy atom. The zero-order valence-electron chi connectivity index (χ0n) is 11.2. The molecule has 0 amide bonds. The molecule has 112 valence electrons. The van der Waals surface area contributed by atoms with Crippen LogP contribution in [0.2, 0.25) is 5.02 Å². The molecule has 2 nitrogen and oxygen atoms in total. The van der Waals surface area contributed by atoms with Gasteiger partial charge in [-0.3, -0.25) is 0 Å². The van der Waals surface area contributed by atoms with Gasteiger partial charge in [-0.1, -0.05) is 48.0 Å². The van der Waals surface area contributed by atoms with E-state index in [0.717, 1.165) is 0 Å². The minimum Gasteiger partial charge on any atom is -0.240 e. The Morgan fingerprint density at radius 1 is 0.864 bits per heavy atom. The summed E-state index contributed by atoms with van der Waals surface area (Å²) < 4.78 is 41.0. The van der Waals surface area contributed by atoms with Crippen molar-refractivity contribution < 1.29 is 13.2 Å². The highest BCUT2D eigenvalue weighted by Crippen LogP contribution is 2.39. The molecule has 3 aromatic rings. The molecule has 0 saturated heterocycles. The van der Waals surface area contributed by atoms with Crippen molar-refractivity contribution in [3.05, 3.63) is 71.5 Å². The molecule has 0 radical (unpaired) electrons. The number of benzene rings is 2. The van der Waals surface area contributed by atoms with E-state index in [9.17, 15) is 13.2 Å². The van der Waals surface area contributed by atoms with Crippen LogP contribution in [-0.2, 0) is 6.18 Å². The average molecular weight is 323 g/mol. The molecular formula is C16H10ClF3N2. The van der Waals surface area contributed by atoms with Gasteiger partial charge in [0.25, 0.3) is 0 Å². The average Bonchev–Trinajstić information content (AvgIpc) is 2.94. The number of alkyl halides is 3. The molecule has 0 fully saturated rings. The Labute approximate surface area is 129 Å². The number of halogens is 4. The van der Waals surface area contributed by atoms with Gasteiger partial charge in [0.05, 0.1) is 5.69 Å². The molecule has 0 aliphatic rings. The fourth-order valence-electron chi connectivity index (χ4n) is 2.17. The Morgan fingerprint density at radius 3 is 2.14 bits per heavy atom. The zero-order chi connectivity index (χ0) is 15.7. The summed E-state index contributed by atoms with van der Waals surface area (Å²) in [4.78, 5) is 0. The van der Waals surface area contributed by atoms with Crippen molar-refractivity contribution in [3.8, 4) is 16.8 Å². The Bertz CT molecular complexity index is 795. The molecular weight excluding hydrogens is 313 g/mol. The molecule has 3 rings (SSSR count). The van der Waals surface area contributed by atoms with Crippen molar-refractivity contribution in [3.63, 3.8) is 0 Å². The monoisotopic (exact) mass is 322 g/mol. The molecule has 1 aromatic heterocycles. The first-order valence-corrected chi connectivity index (χ1v) is 6.82. The predicted octanol–water partition coefficient (Wildman–Crippen LogP) is 5.21. The lowest BCUT2D eigenvalue weighted by atomic mass is 10.1. The topological polar surface area (TPSA) is 17.8 Å². The summed E-state index contributed by atoms with van der Waals surface area (Å²) in [5, 5.41) is 3.95. The van der Waals surface area contributed by atoms with Crippen LogP contribution in [0.5, 0.6) is 0 Å². The van der Waals surface area contributed by atoms with Gasteiger partial charge in [-0.2, -0.15) is 18.3 Å². The normalized spacial score (nSPS) is 11.6. The standard InChI is InChI=1S/C16H10ClF3N2/c17-14-9-5-4-8-12(14)13-10-22(11-6-2-1-3-7-11)21-15(13)16(18,19)20/h1-10H. The largest absolute Gasteiger partial charge is 0.435 e. The fourth-order valence-corrected chi connectivity index (χ4v) is 2.41. The third kappa shape index (κ3) is 2.72. The molecule has 0 aliphatic carbocycles. The van der Waals surface area contributed by atoms with E-state index in [0.29, 0.717) is 11.3 Å². The van der Waals surface area contributed by atoms with Crippen LogP contribution in [0.25, 0.3) is 16.8 Å². The van der Waals surface area contributed by atoms with Gasteiger partial charge in [0.1, 0.15) is 0 Å². The maximum Gasteiger partial charge on any atom is 0.435 e. The second-order valence-electron chi connectivity index (χ2n) is 4.65. The Kier molecular flexibility index (Phi) is 3.66. The molecule has 0 N–H and O–H groups in total. The molecule has 0 unspecified atom stereocenters. The second kappa shape index (κ2) is 5.50. The van der Waals surface area contributed by atoms with E-state index in [1.165, 1.54) is 10.9 Å². The third-order valence-electron chi connectivity index (χ3n) is 3.17. The molecule has 1 heterocycles. The van der Waals surface area contributed by atoms with E-state index >= 15 is 0 Å². The van der Waals surface area contributed by atoms with Crippen LogP contribution in [-0.4, -0.2) is 9.78 Å². The van der Waals surface area contributed by atoms with Crippen molar-refractivity contribution in [1.29, 1.82) is 0 Å². The van der Waals surface area contributed by atoms with E-state index in [2.05, 4.69) is 5.10 Å². The third-order valence-corrected chi connectivity index (χ3v) is 3.50. The van der Waals surface area contributed by atoms with Gasteiger partial charge in [0.15, 0.2) is 5.69 Å². The van der Waals surface area contributed by atoms with E-state index < -0.39 is 11.9 Å². The number of para-hydroxylation sites is 1. The molecule has 22 heavy (non-hydrogen) atoms. The van der Waals surface area contributed by atoms with Crippen molar-refractivity contribution in [2.75, 3.05) is 0 Å². The number of rotatable bonds is 2. The minimum atomic E-state index is -4.56. The smallest absolute Gasteiger partial charge is 0.240 e. The van der Waals surface area contributed by atoms with Crippen LogP contribution in [0, 0.1) is 0 Å². The highest BCUT2D eigenvalue weighted by atomic mass is 35.5. The summed E-state index contributed by atoms with van der Waals surface area (Å²) in [6, 6.07) is 15.0. The maximum absolute atomic E-state index is 13.3. The van der Waals surface area contributed by atoms with Gasteiger partial charge < -0.3 is 0 Å². The molecule has 0 bridgehead atoms. The molecule has 0 aliphatic heterocycles. The Balaban J connectivity index is 2.21. The van der Waals surface area contributed by atoms with Crippen LogP contribution in [0.15, 0.2) is 60.8 Å². The number of aromatic nitrogens is 2. The van der Waals surface area contributed by atoms with Crippen molar-refractivity contribution >= 4 is 11.6 Å². The van der Waals surface area contributed by atoms with Crippen LogP contribution in [0.4, 0.5) is 13.2 Å². The first-order chi connectivity index (χ1) is 10.5. The zero-order valence-corrected chi connectivity index (χ0v) is 11.9. The van der Waals surface area contributed by atoms with Gasteiger partial charge >= 0.3 is 6.18 Å². The highest BCUT2D eigenvalue weighted by molar-refractivity contribution is 6.33. The van der Waals surface area contributed by atoms with Gasteiger partial charge in [0.2, 0.25) is 0 Å². The van der Waals surface area contributed by atoms with E-state index in [1.54, 1.807) is 54.6 Å². The molecule has 0 saturated carbocycles. The molecule has 2 aromatic carbocycles. The van der Waals surface area contributed by atoms with Crippen molar-refractivity contribution in [2.24, 2.45) is 0 Å². The summed E-state index contributed by atoms with van der Waals surface area (Å²) in [7, 11) is 0. The van der Waals surface area contributed by atoms with Crippen molar-refractivity contribution in [1.82, 2.24) is 9.78 Å². The second-order valence-corrected chi connectivity index (χ2v) is 5.06. The van der Waals surface area contributed by atoms with E-state index in [-0.39, 0.29) is 10.6 Å². The van der Waals surface area contributed by atoms with Crippen LogP contribution >= 0.6 is 11.6 Å². The maximum atomic E-state index is 13.3. The summed E-state index contributed by atoms with van der Waals surface area (Å²) >= 11 is 6.03. The first-order valence-electron chi connectivity index (χ1n) is 6.44. The summed E-state index contributed by atoms with van der Waals surface area (Å²) in [5.41, 5.74) is -0.142. The minimum absolute atomic E-state index is 0.0399. The fraction of sp³-hybridized carbons (Fsp3) is 0.0625. The first kappa shape index (κ1) is 14.7. The van der Waals surface area contributed by atoms with Crippen molar-refractivity contribution in [2.45, 2.75) is 6.18 Å². The van der Waals surface area contributed by atoms with Gasteiger partial charge in [-0.05, 0) is 18.2 Å². The number of nitrogens with zero attached hydrogens (tertiary/aromatic N) is 2. The Hall–Kier alpha value is -2.27. The van der Waals surface area contributed by atoms with Crippen LogP contribution in [0.3, 0.4) is 0 Å². The van der Waals surface area contributed by atoms with Crippen LogP contribution in [0.1, 0.15) is 5.69 Å². The van der Waals surface area contributed by atoms with Crippen LogP contribution < -0.4 is 0 Å². The number of hydrogen-bond donors (Lipinski definition) is 0. The lowest BCUT2D eigenvalue weighted by molar-refractivity contribution is -0.140. The van der Waals surface area contributed by atoms with Gasteiger partial charge in [-0.15, -0.1) is 0 Å². The summed E-state index contributed by atoms with van der Waals surface area (Å²) in [5.74, 6) is 0. The quantitative estimate of drug-likeness (QED) is 0.633. The summed E-state index contributed by atoms with van der Waals surface area (Å²) in [6.45, 7) is 0. The highest BCUT2D eigenvalue weighted by Gasteiger charge is 2.38. The lowest BCUT2D eigenvalue weighted by Crippen LogP contribution is -2.08. The molecule has 0 atom stereocenters. The van der Waals surface area contributed by atoms with E-state index in [1.807, 2.05) is 0 Å².